The average molecular weight is 243 g/mol. The second-order valence-corrected chi connectivity index (χ2v) is 3.90. The van der Waals surface area contributed by atoms with E-state index >= 15 is 0 Å². The van der Waals surface area contributed by atoms with Gasteiger partial charge in [0.2, 0.25) is 0 Å². The number of hydrogen-bond donors (Lipinski definition) is 2. The lowest BCUT2D eigenvalue weighted by Crippen LogP contribution is -2.38. The highest BCUT2D eigenvalue weighted by molar-refractivity contribution is 6.30. The van der Waals surface area contributed by atoms with Crippen LogP contribution in [0.1, 0.15) is 6.92 Å². The molecule has 0 aliphatic carbocycles. The molecule has 0 spiro atoms. The molecule has 1 aromatic carbocycles. The van der Waals surface area contributed by atoms with Crippen molar-refractivity contribution in [2.75, 3.05) is 19.0 Å². The first-order valence-electron chi connectivity index (χ1n) is 4.94. The summed E-state index contributed by atoms with van der Waals surface area (Å²) < 4.78 is 4.91. The van der Waals surface area contributed by atoms with Gasteiger partial charge in [0.15, 0.2) is 0 Å². The Morgan fingerprint density at radius 3 is 2.94 bits per heavy atom. The number of urea groups is 1. The number of carbonyl (C=O) groups excluding carboxylic acids is 1. The van der Waals surface area contributed by atoms with Gasteiger partial charge in [-0.25, -0.2) is 4.79 Å². The number of anilines is 1. The lowest BCUT2D eigenvalue weighted by molar-refractivity contribution is 0.173. The van der Waals surface area contributed by atoms with Crippen molar-refractivity contribution in [2.45, 2.75) is 13.0 Å². The molecule has 16 heavy (non-hydrogen) atoms. The van der Waals surface area contributed by atoms with Gasteiger partial charge in [-0.3, -0.25) is 0 Å². The third-order valence-corrected chi connectivity index (χ3v) is 2.11. The van der Waals surface area contributed by atoms with Crippen LogP contribution in [0.25, 0.3) is 0 Å². The molecule has 2 amide bonds. The van der Waals surface area contributed by atoms with Crippen LogP contribution in [0, 0.1) is 0 Å². The molecule has 0 aliphatic heterocycles. The maximum Gasteiger partial charge on any atom is 0.319 e. The summed E-state index contributed by atoms with van der Waals surface area (Å²) in [6.45, 7) is 2.34. The van der Waals surface area contributed by atoms with E-state index in [1.165, 1.54) is 0 Å². The molecule has 0 bridgehead atoms. The van der Waals surface area contributed by atoms with E-state index in [-0.39, 0.29) is 12.1 Å². The quantitative estimate of drug-likeness (QED) is 0.852. The van der Waals surface area contributed by atoms with E-state index < -0.39 is 0 Å². The normalized spacial score (nSPS) is 11.9. The van der Waals surface area contributed by atoms with E-state index in [1.807, 2.05) is 6.92 Å². The van der Waals surface area contributed by atoms with Crippen molar-refractivity contribution in [3.8, 4) is 0 Å². The fraction of sp³-hybridized carbons (Fsp3) is 0.364. The van der Waals surface area contributed by atoms with Gasteiger partial charge in [0, 0.05) is 17.8 Å². The molecule has 0 aliphatic rings. The zero-order chi connectivity index (χ0) is 12.0. The van der Waals surface area contributed by atoms with E-state index in [2.05, 4.69) is 10.6 Å². The number of rotatable bonds is 4. The number of nitrogens with one attached hydrogen (secondary N) is 2. The number of hydrogen-bond acceptors (Lipinski definition) is 2. The zero-order valence-electron chi connectivity index (χ0n) is 9.29. The molecule has 4 nitrogen and oxygen atoms in total. The molecule has 0 aromatic heterocycles. The maximum absolute atomic E-state index is 11.5. The van der Waals surface area contributed by atoms with Crippen molar-refractivity contribution in [1.29, 1.82) is 0 Å². The molecular weight excluding hydrogens is 228 g/mol. The Kier molecular flexibility index (Phi) is 5.08. The third-order valence-electron chi connectivity index (χ3n) is 1.88. The van der Waals surface area contributed by atoms with Crippen LogP contribution in [0.15, 0.2) is 24.3 Å². The highest BCUT2D eigenvalue weighted by Gasteiger charge is 2.06. The van der Waals surface area contributed by atoms with E-state index in [4.69, 9.17) is 16.3 Å². The molecule has 2 N–H and O–H groups in total. The molecule has 88 valence electrons. The Hall–Kier alpha value is -1.26. The van der Waals surface area contributed by atoms with Crippen LogP contribution in [-0.2, 0) is 4.74 Å². The predicted octanol–water partition coefficient (Wildman–Crippen LogP) is 2.50. The highest BCUT2D eigenvalue weighted by Crippen LogP contribution is 2.14. The van der Waals surface area contributed by atoms with Crippen molar-refractivity contribution in [1.82, 2.24) is 5.32 Å². The Labute approximate surface area is 99.9 Å². The van der Waals surface area contributed by atoms with Gasteiger partial charge in [0.1, 0.15) is 0 Å². The largest absolute Gasteiger partial charge is 0.383 e. The first-order valence-corrected chi connectivity index (χ1v) is 5.31. The topological polar surface area (TPSA) is 50.4 Å². The van der Waals surface area contributed by atoms with E-state index in [0.717, 1.165) is 0 Å². The number of carbonyl (C=O) groups is 1. The third kappa shape index (κ3) is 4.51. The van der Waals surface area contributed by atoms with Crippen LogP contribution in [0.5, 0.6) is 0 Å². The average Bonchev–Trinajstić information content (AvgIpc) is 2.17. The van der Waals surface area contributed by atoms with Gasteiger partial charge in [-0.1, -0.05) is 17.7 Å². The second-order valence-electron chi connectivity index (χ2n) is 3.47. The minimum absolute atomic E-state index is 0.0378. The van der Waals surface area contributed by atoms with Gasteiger partial charge in [-0.05, 0) is 25.1 Å². The van der Waals surface area contributed by atoms with Crippen LogP contribution in [0.4, 0.5) is 10.5 Å². The van der Waals surface area contributed by atoms with Gasteiger partial charge in [-0.2, -0.15) is 0 Å². The van der Waals surface area contributed by atoms with Gasteiger partial charge >= 0.3 is 6.03 Å². The number of halogens is 1. The lowest BCUT2D eigenvalue weighted by atomic mass is 10.3. The summed E-state index contributed by atoms with van der Waals surface area (Å²) in [5.41, 5.74) is 0.662. The molecule has 0 radical (unpaired) electrons. The fourth-order valence-electron chi connectivity index (χ4n) is 1.25. The van der Waals surface area contributed by atoms with Crippen LogP contribution in [0.3, 0.4) is 0 Å². The summed E-state index contributed by atoms with van der Waals surface area (Å²) in [5, 5.41) is 6.00. The monoisotopic (exact) mass is 242 g/mol. The molecule has 0 saturated carbocycles. The van der Waals surface area contributed by atoms with Crippen molar-refractivity contribution in [3.05, 3.63) is 29.3 Å². The van der Waals surface area contributed by atoms with E-state index in [1.54, 1.807) is 31.4 Å². The minimum Gasteiger partial charge on any atom is -0.383 e. The lowest BCUT2D eigenvalue weighted by Gasteiger charge is -2.13. The number of ether oxygens (including phenoxy) is 1. The van der Waals surface area contributed by atoms with Crippen LogP contribution >= 0.6 is 11.6 Å². The first-order chi connectivity index (χ1) is 7.61. The molecular formula is C11H15ClN2O2. The zero-order valence-corrected chi connectivity index (χ0v) is 10.0. The number of benzene rings is 1. The fourth-order valence-corrected chi connectivity index (χ4v) is 1.44. The Balaban J connectivity index is 2.45. The SMILES string of the molecule is COCC(C)NC(=O)Nc1cccc(Cl)c1. The maximum atomic E-state index is 11.5. The van der Waals surface area contributed by atoms with Gasteiger partial charge in [0.05, 0.1) is 12.6 Å². The number of methoxy groups -OCH3 is 1. The Bertz CT molecular complexity index is 358. The van der Waals surface area contributed by atoms with Crippen molar-refractivity contribution < 1.29 is 9.53 Å². The second kappa shape index (κ2) is 6.35. The summed E-state index contributed by atoms with van der Waals surface area (Å²) in [6.07, 6.45) is 0. The van der Waals surface area contributed by atoms with E-state index in [0.29, 0.717) is 17.3 Å². The smallest absolute Gasteiger partial charge is 0.319 e. The highest BCUT2D eigenvalue weighted by atomic mass is 35.5. The van der Waals surface area contributed by atoms with Gasteiger partial charge in [-0.15, -0.1) is 0 Å². The molecule has 1 aromatic rings. The molecule has 0 saturated heterocycles. The summed E-state index contributed by atoms with van der Waals surface area (Å²) in [5.74, 6) is 0. The molecule has 1 rings (SSSR count). The van der Waals surface area contributed by atoms with Crippen LogP contribution in [-0.4, -0.2) is 25.8 Å². The summed E-state index contributed by atoms with van der Waals surface area (Å²) in [4.78, 5) is 11.5. The van der Waals surface area contributed by atoms with Crippen molar-refractivity contribution in [3.63, 3.8) is 0 Å². The van der Waals surface area contributed by atoms with Gasteiger partial charge in [0.25, 0.3) is 0 Å². The summed E-state index contributed by atoms with van der Waals surface area (Å²) in [7, 11) is 1.59. The molecule has 1 unspecified atom stereocenters. The minimum atomic E-state index is -0.271. The Morgan fingerprint density at radius 2 is 2.31 bits per heavy atom. The molecule has 0 fully saturated rings. The summed E-state index contributed by atoms with van der Waals surface area (Å²) >= 11 is 5.79. The van der Waals surface area contributed by atoms with Crippen LogP contribution < -0.4 is 10.6 Å². The van der Waals surface area contributed by atoms with Gasteiger partial charge < -0.3 is 15.4 Å². The number of amides is 2. The first kappa shape index (κ1) is 12.8. The molecule has 5 heteroatoms. The molecule has 0 heterocycles. The summed E-state index contributed by atoms with van der Waals surface area (Å²) in [6, 6.07) is 6.67. The standard InChI is InChI=1S/C11H15ClN2O2/c1-8(7-16-2)13-11(15)14-10-5-3-4-9(12)6-10/h3-6,8H,7H2,1-2H3,(H2,13,14,15). The van der Waals surface area contributed by atoms with Crippen LogP contribution in [0.2, 0.25) is 5.02 Å². The predicted molar refractivity (Wildman–Crippen MR) is 64.9 cm³/mol. The van der Waals surface area contributed by atoms with Crippen molar-refractivity contribution in [2.24, 2.45) is 0 Å². The van der Waals surface area contributed by atoms with Crippen molar-refractivity contribution >= 4 is 23.3 Å². The molecule has 1 atom stereocenters. The Morgan fingerprint density at radius 1 is 1.56 bits per heavy atom. The van der Waals surface area contributed by atoms with E-state index in [9.17, 15) is 4.79 Å².